The minimum absolute atomic E-state index is 0.360. The van der Waals surface area contributed by atoms with Gasteiger partial charge in [0.1, 0.15) is 5.82 Å². The van der Waals surface area contributed by atoms with Crippen LogP contribution in [0.15, 0.2) is 24.3 Å². The van der Waals surface area contributed by atoms with Gasteiger partial charge in [0.15, 0.2) is 0 Å². The van der Waals surface area contributed by atoms with Gasteiger partial charge in [0, 0.05) is 30.8 Å². The molecular weight excluding hydrogens is 296 g/mol. The second kappa shape index (κ2) is 5.86. The highest BCUT2D eigenvalue weighted by atomic mass is 35.5. The maximum absolute atomic E-state index is 6.21. The van der Waals surface area contributed by atoms with Crippen molar-refractivity contribution in [3.05, 3.63) is 46.4 Å². The van der Waals surface area contributed by atoms with Crippen molar-refractivity contribution in [3.8, 4) is 0 Å². The number of halogens is 1. The van der Waals surface area contributed by atoms with Gasteiger partial charge in [-0.15, -0.1) is 0 Å². The number of hydrogen-bond acceptors (Lipinski definition) is 4. The Morgan fingerprint density at radius 3 is 2.86 bits per heavy atom. The molecule has 0 spiro atoms. The first-order chi connectivity index (χ1) is 10.8. The molecule has 0 saturated carbocycles. The highest BCUT2D eigenvalue weighted by molar-refractivity contribution is 6.28. The standard InChI is InChI=1S/C17H19ClN4/c18-17-20-14-8-10-19-9-7-13(14)16(21-17)22-11-3-5-12-4-1-2-6-15(12)22/h1-2,4,6,19H,3,5,7-11H2. The molecule has 1 aromatic carbocycles. The molecule has 114 valence electrons. The van der Waals surface area contributed by atoms with Gasteiger partial charge in [-0.2, -0.15) is 4.98 Å². The zero-order valence-corrected chi connectivity index (χ0v) is 13.2. The summed E-state index contributed by atoms with van der Waals surface area (Å²) in [7, 11) is 0. The first-order valence-corrected chi connectivity index (χ1v) is 8.32. The number of anilines is 2. The van der Waals surface area contributed by atoms with Gasteiger partial charge in [-0.1, -0.05) is 18.2 Å². The molecule has 0 aliphatic carbocycles. The predicted octanol–water partition coefficient (Wildman–Crippen LogP) is 2.90. The molecule has 1 aromatic heterocycles. The fourth-order valence-corrected chi connectivity index (χ4v) is 3.65. The van der Waals surface area contributed by atoms with E-state index in [1.165, 1.54) is 16.8 Å². The molecule has 0 bridgehead atoms. The van der Waals surface area contributed by atoms with Crippen LogP contribution in [0, 0.1) is 0 Å². The number of nitrogens with zero attached hydrogens (tertiary/aromatic N) is 3. The maximum atomic E-state index is 6.21. The van der Waals surface area contributed by atoms with Crippen molar-refractivity contribution in [1.29, 1.82) is 0 Å². The van der Waals surface area contributed by atoms with Crippen LogP contribution in [0.3, 0.4) is 0 Å². The normalized spacial score (nSPS) is 17.6. The van der Waals surface area contributed by atoms with Crippen molar-refractivity contribution in [1.82, 2.24) is 15.3 Å². The molecule has 3 heterocycles. The van der Waals surface area contributed by atoms with Crippen molar-refractivity contribution in [2.75, 3.05) is 24.5 Å². The smallest absolute Gasteiger partial charge is 0.224 e. The Labute approximate surface area is 135 Å². The molecule has 0 saturated heterocycles. The van der Waals surface area contributed by atoms with Crippen LogP contribution in [-0.2, 0) is 19.3 Å². The number of rotatable bonds is 1. The highest BCUT2D eigenvalue weighted by Crippen LogP contribution is 2.35. The molecule has 4 rings (SSSR count). The molecule has 0 atom stereocenters. The van der Waals surface area contributed by atoms with E-state index in [0.29, 0.717) is 5.28 Å². The number of nitrogens with one attached hydrogen (secondary N) is 1. The third-order valence-corrected chi connectivity index (χ3v) is 4.67. The summed E-state index contributed by atoms with van der Waals surface area (Å²) in [4.78, 5) is 11.4. The topological polar surface area (TPSA) is 41.1 Å². The van der Waals surface area contributed by atoms with E-state index in [4.69, 9.17) is 11.6 Å². The van der Waals surface area contributed by atoms with Crippen LogP contribution in [-0.4, -0.2) is 29.6 Å². The number of aromatic nitrogens is 2. The summed E-state index contributed by atoms with van der Waals surface area (Å²) in [5, 5.41) is 3.79. The molecule has 2 aliphatic heterocycles. The fourth-order valence-electron chi connectivity index (χ4n) is 3.47. The quantitative estimate of drug-likeness (QED) is 0.822. The Balaban J connectivity index is 1.85. The van der Waals surface area contributed by atoms with Crippen molar-refractivity contribution < 1.29 is 0 Å². The van der Waals surface area contributed by atoms with Gasteiger partial charge in [0.05, 0.1) is 5.69 Å². The number of para-hydroxylation sites is 1. The molecule has 0 fully saturated rings. The summed E-state index contributed by atoms with van der Waals surface area (Å²) < 4.78 is 0. The van der Waals surface area contributed by atoms with Gasteiger partial charge in [-0.3, -0.25) is 0 Å². The number of hydrogen-bond donors (Lipinski definition) is 1. The molecule has 0 unspecified atom stereocenters. The monoisotopic (exact) mass is 314 g/mol. The molecule has 0 radical (unpaired) electrons. The van der Waals surface area contributed by atoms with Crippen LogP contribution in [0.2, 0.25) is 5.28 Å². The average Bonchev–Trinajstić information content (AvgIpc) is 2.79. The van der Waals surface area contributed by atoms with Crippen LogP contribution < -0.4 is 10.2 Å². The molecule has 2 aromatic rings. The van der Waals surface area contributed by atoms with Gasteiger partial charge in [-0.05, 0) is 49.0 Å². The van der Waals surface area contributed by atoms with Gasteiger partial charge in [-0.25, -0.2) is 4.98 Å². The number of benzene rings is 1. The van der Waals surface area contributed by atoms with Gasteiger partial charge < -0.3 is 10.2 Å². The van der Waals surface area contributed by atoms with E-state index in [0.717, 1.165) is 56.8 Å². The van der Waals surface area contributed by atoms with Gasteiger partial charge in [0.25, 0.3) is 0 Å². The molecule has 22 heavy (non-hydrogen) atoms. The minimum Gasteiger partial charge on any atom is -0.326 e. The zero-order chi connectivity index (χ0) is 14.9. The van der Waals surface area contributed by atoms with E-state index in [2.05, 4.69) is 44.5 Å². The Morgan fingerprint density at radius 1 is 1.05 bits per heavy atom. The zero-order valence-electron chi connectivity index (χ0n) is 12.5. The molecule has 1 N–H and O–H groups in total. The Hall–Kier alpha value is -1.65. The minimum atomic E-state index is 0.360. The van der Waals surface area contributed by atoms with Gasteiger partial charge in [0.2, 0.25) is 5.28 Å². The maximum Gasteiger partial charge on any atom is 0.224 e. The summed E-state index contributed by atoms with van der Waals surface area (Å²) in [6.07, 6.45) is 4.15. The Kier molecular flexibility index (Phi) is 3.72. The van der Waals surface area contributed by atoms with Crippen molar-refractivity contribution in [2.24, 2.45) is 0 Å². The van der Waals surface area contributed by atoms with Crippen LogP contribution >= 0.6 is 11.6 Å². The van der Waals surface area contributed by atoms with Crippen LogP contribution in [0.5, 0.6) is 0 Å². The lowest BCUT2D eigenvalue weighted by molar-refractivity contribution is 0.707. The third kappa shape index (κ3) is 2.46. The van der Waals surface area contributed by atoms with E-state index in [9.17, 15) is 0 Å². The summed E-state index contributed by atoms with van der Waals surface area (Å²) in [5.74, 6) is 1.01. The second-order valence-corrected chi connectivity index (χ2v) is 6.21. The average molecular weight is 315 g/mol. The summed E-state index contributed by atoms with van der Waals surface area (Å²) in [5.41, 5.74) is 5.01. The second-order valence-electron chi connectivity index (χ2n) is 5.88. The largest absolute Gasteiger partial charge is 0.326 e. The van der Waals surface area contributed by atoms with Crippen LogP contribution in [0.25, 0.3) is 0 Å². The van der Waals surface area contributed by atoms with E-state index in [1.807, 2.05) is 0 Å². The van der Waals surface area contributed by atoms with Crippen molar-refractivity contribution in [3.63, 3.8) is 0 Å². The van der Waals surface area contributed by atoms with E-state index >= 15 is 0 Å². The van der Waals surface area contributed by atoms with Crippen LogP contribution in [0.4, 0.5) is 11.5 Å². The molecule has 0 amide bonds. The summed E-state index contributed by atoms with van der Waals surface area (Å²) in [6.45, 7) is 2.92. The molecular formula is C17H19ClN4. The lowest BCUT2D eigenvalue weighted by Gasteiger charge is -2.32. The van der Waals surface area contributed by atoms with E-state index in [-0.39, 0.29) is 0 Å². The molecule has 2 aliphatic rings. The molecule has 5 heteroatoms. The summed E-state index contributed by atoms with van der Waals surface area (Å²) >= 11 is 6.21. The Bertz CT molecular complexity index is 701. The predicted molar refractivity (Wildman–Crippen MR) is 89.1 cm³/mol. The van der Waals surface area contributed by atoms with E-state index in [1.54, 1.807) is 0 Å². The van der Waals surface area contributed by atoms with Crippen LogP contribution in [0.1, 0.15) is 23.2 Å². The van der Waals surface area contributed by atoms with Crippen molar-refractivity contribution >= 4 is 23.1 Å². The number of fused-ring (bicyclic) bond motifs is 2. The van der Waals surface area contributed by atoms with E-state index < -0.39 is 0 Å². The first-order valence-electron chi connectivity index (χ1n) is 7.94. The van der Waals surface area contributed by atoms with Crippen molar-refractivity contribution in [2.45, 2.75) is 25.7 Å². The Morgan fingerprint density at radius 2 is 1.91 bits per heavy atom. The lowest BCUT2D eigenvalue weighted by atomic mass is 10.0. The SMILES string of the molecule is Clc1nc2c(c(N3CCCc4ccccc43)n1)CCNCC2. The number of aryl methyl sites for hydroxylation is 1. The lowest BCUT2D eigenvalue weighted by Crippen LogP contribution is -2.27. The molecule has 4 nitrogen and oxygen atoms in total. The summed E-state index contributed by atoms with van der Waals surface area (Å²) in [6, 6.07) is 8.61. The third-order valence-electron chi connectivity index (χ3n) is 4.50. The first kappa shape index (κ1) is 14.0. The highest BCUT2D eigenvalue weighted by Gasteiger charge is 2.24. The fraction of sp³-hybridized carbons (Fsp3) is 0.412. The van der Waals surface area contributed by atoms with Gasteiger partial charge >= 0.3 is 0 Å².